The maximum atomic E-state index is 12.1. The standard InChI is InChI=1S/C14H15F2N3O2/c1-9-7-11(21-14(15)16)3-4-12(9)17-13(20)8-19-6-5-10(2)18-19/h3-7,14H,8H2,1-2H3,(H,17,20). The van der Waals surface area contributed by atoms with Crippen LogP contribution in [-0.2, 0) is 11.3 Å². The first-order chi connectivity index (χ1) is 9.94. The number of alkyl halides is 2. The number of nitrogens with zero attached hydrogens (tertiary/aromatic N) is 2. The SMILES string of the molecule is Cc1ccn(CC(=O)Nc2ccc(OC(F)F)cc2C)n1. The Labute approximate surface area is 120 Å². The molecule has 1 amide bonds. The van der Waals surface area contributed by atoms with Gasteiger partial charge in [0.05, 0.1) is 5.69 Å². The van der Waals surface area contributed by atoms with Crippen LogP contribution in [-0.4, -0.2) is 22.3 Å². The van der Waals surface area contributed by atoms with Gasteiger partial charge in [0.1, 0.15) is 12.3 Å². The molecule has 1 heterocycles. The van der Waals surface area contributed by atoms with E-state index in [0.29, 0.717) is 11.3 Å². The van der Waals surface area contributed by atoms with Crippen molar-refractivity contribution in [1.29, 1.82) is 0 Å². The summed E-state index contributed by atoms with van der Waals surface area (Å²) in [7, 11) is 0. The number of carbonyl (C=O) groups excluding carboxylic acids is 1. The van der Waals surface area contributed by atoms with Gasteiger partial charge in [0.15, 0.2) is 0 Å². The number of anilines is 1. The van der Waals surface area contributed by atoms with Crippen molar-refractivity contribution in [1.82, 2.24) is 9.78 Å². The zero-order chi connectivity index (χ0) is 15.4. The molecule has 0 saturated heterocycles. The van der Waals surface area contributed by atoms with E-state index in [0.717, 1.165) is 5.69 Å². The quantitative estimate of drug-likeness (QED) is 0.922. The van der Waals surface area contributed by atoms with E-state index in [1.807, 2.05) is 6.92 Å². The lowest BCUT2D eigenvalue weighted by atomic mass is 10.2. The van der Waals surface area contributed by atoms with Crippen LogP contribution in [0.5, 0.6) is 5.75 Å². The molecule has 0 saturated carbocycles. The second-order valence-electron chi connectivity index (χ2n) is 4.56. The third kappa shape index (κ3) is 4.27. The Morgan fingerprint density at radius 2 is 2.14 bits per heavy atom. The average Bonchev–Trinajstić information content (AvgIpc) is 2.77. The van der Waals surface area contributed by atoms with Crippen molar-refractivity contribution in [3.05, 3.63) is 41.7 Å². The Morgan fingerprint density at radius 1 is 1.38 bits per heavy atom. The summed E-state index contributed by atoms with van der Waals surface area (Å²) in [5, 5.41) is 6.82. The zero-order valence-electron chi connectivity index (χ0n) is 11.6. The zero-order valence-corrected chi connectivity index (χ0v) is 11.6. The van der Waals surface area contributed by atoms with E-state index >= 15 is 0 Å². The molecule has 2 aromatic rings. The van der Waals surface area contributed by atoms with E-state index in [4.69, 9.17) is 0 Å². The van der Waals surface area contributed by atoms with Crippen LogP contribution in [0.25, 0.3) is 0 Å². The van der Waals surface area contributed by atoms with Crippen molar-refractivity contribution in [3.63, 3.8) is 0 Å². The molecule has 5 nitrogen and oxygen atoms in total. The van der Waals surface area contributed by atoms with Crippen LogP contribution in [0.3, 0.4) is 0 Å². The van der Waals surface area contributed by atoms with Crippen LogP contribution >= 0.6 is 0 Å². The summed E-state index contributed by atoms with van der Waals surface area (Å²) in [6.45, 7) is 0.752. The van der Waals surface area contributed by atoms with E-state index in [-0.39, 0.29) is 18.2 Å². The summed E-state index contributed by atoms with van der Waals surface area (Å²) >= 11 is 0. The Hall–Kier alpha value is -2.44. The molecule has 0 spiro atoms. The molecule has 1 N–H and O–H groups in total. The van der Waals surface area contributed by atoms with Gasteiger partial charge in [-0.05, 0) is 43.7 Å². The molecule has 0 bridgehead atoms. The van der Waals surface area contributed by atoms with E-state index < -0.39 is 6.61 Å². The monoisotopic (exact) mass is 295 g/mol. The molecule has 1 aromatic heterocycles. The number of halogens is 2. The number of carbonyl (C=O) groups is 1. The van der Waals surface area contributed by atoms with Crippen LogP contribution in [0.15, 0.2) is 30.5 Å². The van der Waals surface area contributed by atoms with Gasteiger partial charge >= 0.3 is 6.61 Å². The number of ether oxygens (including phenoxy) is 1. The average molecular weight is 295 g/mol. The number of hydrogen-bond donors (Lipinski definition) is 1. The van der Waals surface area contributed by atoms with E-state index in [9.17, 15) is 13.6 Å². The second-order valence-corrected chi connectivity index (χ2v) is 4.56. The maximum absolute atomic E-state index is 12.1. The summed E-state index contributed by atoms with van der Waals surface area (Å²) < 4.78 is 30.0. The fourth-order valence-corrected chi connectivity index (χ4v) is 1.84. The van der Waals surface area contributed by atoms with Crippen molar-refractivity contribution in [2.75, 3.05) is 5.32 Å². The van der Waals surface area contributed by atoms with Gasteiger partial charge in [0, 0.05) is 11.9 Å². The van der Waals surface area contributed by atoms with Crippen LogP contribution in [0.1, 0.15) is 11.3 Å². The molecule has 0 unspecified atom stereocenters. The van der Waals surface area contributed by atoms with Gasteiger partial charge in [0.2, 0.25) is 5.91 Å². The fraction of sp³-hybridized carbons (Fsp3) is 0.286. The highest BCUT2D eigenvalue weighted by molar-refractivity contribution is 5.91. The first kappa shape index (κ1) is 15.0. The minimum atomic E-state index is -2.87. The molecular weight excluding hydrogens is 280 g/mol. The van der Waals surface area contributed by atoms with Crippen molar-refractivity contribution in [3.8, 4) is 5.75 Å². The highest BCUT2D eigenvalue weighted by Crippen LogP contribution is 2.22. The van der Waals surface area contributed by atoms with E-state index in [1.54, 1.807) is 19.2 Å². The molecular formula is C14H15F2N3O2. The summed E-state index contributed by atoms with van der Waals surface area (Å²) in [6, 6.07) is 6.15. The number of hydrogen-bond acceptors (Lipinski definition) is 3. The predicted molar refractivity (Wildman–Crippen MR) is 73.4 cm³/mol. The van der Waals surface area contributed by atoms with Gasteiger partial charge in [-0.1, -0.05) is 0 Å². The Balaban J connectivity index is 2.00. The van der Waals surface area contributed by atoms with Crippen molar-refractivity contribution in [2.45, 2.75) is 27.0 Å². The first-order valence-corrected chi connectivity index (χ1v) is 6.29. The van der Waals surface area contributed by atoms with Gasteiger partial charge in [-0.3, -0.25) is 9.48 Å². The van der Waals surface area contributed by atoms with Crippen molar-refractivity contribution in [2.24, 2.45) is 0 Å². The molecule has 0 aliphatic rings. The third-order valence-electron chi connectivity index (χ3n) is 2.78. The summed E-state index contributed by atoms with van der Waals surface area (Å²) in [6.07, 6.45) is 1.71. The van der Waals surface area contributed by atoms with Gasteiger partial charge < -0.3 is 10.1 Å². The third-order valence-corrected chi connectivity index (χ3v) is 2.78. The molecule has 2 rings (SSSR count). The number of amides is 1. The highest BCUT2D eigenvalue weighted by atomic mass is 19.3. The molecule has 0 fully saturated rings. The second kappa shape index (κ2) is 6.34. The molecule has 0 aliphatic heterocycles. The Kier molecular flexibility index (Phi) is 4.52. The summed E-state index contributed by atoms with van der Waals surface area (Å²) in [5.41, 5.74) is 2.01. The molecule has 112 valence electrons. The first-order valence-electron chi connectivity index (χ1n) is 6.29. The van der Waals surface area contributed by atoms with Gasteiger partial charge in [-0.25, -0.2) is 0 Å². The molecule has 0 aliphatic carbocycles. The minimum Gasteiger partial charge on any atom is -0.435 e. The van der Waals surface area contributed by atoms with Crippen molar-refractivity contribution >= 4 is 11.6 Å². The molecule has 21 heavy (non-hydrogen) atoms. The minimum absolute atomic E-state index is 0.0585. The van der Waals surface area contributed by atoms with E-state index in [2.05, 4.69) is 15.2 Å². The Bertz CT molecular complexity index is 641. The smallest absolute Gasteiger partial charge is 0.387 e. The number of nitrogens with one attached hydrogen (secondary N) is 1. The predicted octanol–water partition coefficient (Wildman–Crippen LogP) is 2.74. The molecule has 7 heteroatoms. The lowest BCUT2D eigenvalue weighted by molar-refractivity contribution is -0.116. The van der Waals surface area contributed by atoms with Crippen LogP contribution < -0.4 is 10.1 Å². The van der Waals surface area contributed by atoms with Crippen molar-refractivity contribution < 1.29 is 18.3 Å². The maximum Gasteiger partial charge on any atom is 0.387 e. The number of aromatic nitrogens is 2. The van der Waals surface area contributed by atoms with Gasteiger partial charge in [0.25, 0.3) is 0 Å². The van der Waals surface area contributed by atoms with Crippen LogP contribution in [0, 0.1) is 13.8 Å². The largest absolute Gasteiger partial charge is 0.435 e. The Morgan fingerprint density at radius 3 is 2.71 bits per heavy atom. The molecule has 0 atom stereocenters. The van der Waals surface area contributed by atoms with Crippen LogP contribution in [0.2, 0.25) is 0 Å². The highest BCUT2D eigenvalue weighted by Gasteiger charge is 2.09. The lowest BCUT2D eigenvalue weighted by Crippen LogP contribution is -2.19. The number of rotatable bonds is 5. The molecule has 0 radical (unpaired) electrons. The van der Waals surface area contributed by atoms with Gasteiger partial charge in [-0.2, -0.15) is 13.9 Å². The fourth-order valence-electron chi connectivity index (χ4n) is 1.84. The van der Waals surface area contributed by atoms with Crippen LogP contribution in [0.4, 0.5) is 14.5 Å². The molecule has 1 aromatic carbocycles. The normalized spacial score (nSPS) is 10.7. The summed E-state index contributed by atoms with van der Waals surface area (Å²) in [4.78, 5) is 11.9. The van der Waals surface area contributed by atoms with E-state index in [1.165, 1.54) is 22.9 Å². The lowest BCUT2D eigenvalue weighted by Gasteiger charge is -2.11. The number of benzene rings is 1. The topological polar surface area (TPSA) is 56.2 Å². The summed E-state index contributed by atoms with van der Waals surface area (Å²) in [5.74, 6) is -0.188. The van der Waals surface area contributed by atoms with Gasteiger partial charge in [-0.15, -0.1) is 0 Å². The number of aryl methyl sites for hydroxylation is 2.